The molecule has 0 aliphatic heterocycles. The molecular weight excluding hydrogens is 342 g/mol. The fourth-order valence-electron chi connectivity index (χ4n) is 2.24. The molecule has 0 aliphatic rings. The lowest BCUT2D eigenvalue weighted by atomic mass is 10.0. The standard InChI is InChI=1S/C18H27NO7/c1-18(2,3)26-16(21)15(20)12(19-17(22)25-6)9-11-7-8-13(23-4)14(10-11)24-5/h7-8,10,12,15,20H,9H2,1-6H3,(H,19,22). The highest BCUT2D eigenvalue weighted by atomic mass is 16.6. The third-order valence-corrected chi connectivity index (χ3v) is 3.42. The topological polar surface area (TPSA) is 103 Å². The molecular formula is C18H27NO7. The van der Waals surface area contributed by atoms with Crippen molar-refractivity contribution in [3.8, 4) is 11.5 Å². The second-order valence-electron chi connectivity index (χ2n) is 6.61. The Morgan fingerprint density at radius 1 is 1.12 bits per heavy atom. The molecule has 0 aliphatic carbocycles. The van der Waals surface area contributed by atoms with E-state index in [-0.39, 0.29) is 6.42 Å². The fraction of sp³-hybridized carbons (Fsp3) is 0.556. The van der Waals surface area contributed by atoms with Gasteiger partial charge in [-0.3, -0.25) is 0 Å². The molecule has 2 unspecified atom stereocenters. The summed E-state index contributed by atoms with van der Waals surface area (Å²) in [5.41, 5.74) is -0.0522. The Morgan fingerprint density at radius 2 is 1.73 bits per heavy atom. The number of amides is 1. The van der Waals surface area contributed by atoms with E-state index in [1.807, 2.05) is 0 Å². The number of aliphatic hydroxyl groups is 1. The molecule has 1 amide bonds. The monoisotopic (exact) mass is 369 g/mol. The van der Waals surface area contributed by atoms with Gasteiger partial charge in [0.1, 0.15) is 5.60 Å². The Hall–Kier alpha value is -2.48. The normalized spacial score (nSPS) is 13.3. The minimum Gasteiger partial charge on any atom is -0.493 e. The maximum absolute atomic E-state index is 12.2. The summed E-state index contributed by atoms with van der Waals surface area (Å²) in [4.78, 5) is 23.8. The van der Waals surface area contributed by atoms with Gasteiger partial charge < -0.3 is 29.4 Å². The van der Waals surface area contributed by atoms with Crippen LogP contribution in [0, 0.1) is 0 Å². The predicted octanol–water partition coefficient (Wildman–Crippen LogP) is 1.67. The van der Waals surface area contributed by atoms with Crippen molar-refractivity contribution in [3.63, 3.8) is 0 Å². The summed E-state index contributed by atoms with van der Waals surface area (Å²) in [5.74, 6) is 0.203. The van der Waals surface area contributed by atoms with Crippen LogP contribution in [0.15, 0.2) is 18.2 Å². The van der Waals surface area contributed by atoms with E-state index in [0.717, 1.165) is 0 Å². The first-order valence-electron chi connectivity index (χ1n) is 8.07. The van der Waals surface area contributed by atoms with Gasteiger partial charge in [-0.1, -0.05) is 6.07 Å². The zero-order valence-electron chi connectivity index (χ0n) is 16.0. The third-order valence-electron chi connectivity index (χ3n) is 3.42. The summed E-state index contributed by atoms with van der Waals surface area (Å²) in [6.07, 6.45) is -2.19. The van der Waals surface area contributed by atoms with Crippen LogP contribution in [-0.2, 0) is 20.7 Å². The van der Waals surface area contributed by atoms with E-state index in [9.17, 15) is 14.7 Å². The van der Waals surface area contributed by atoms with Crippen molar-refractivity contribution in [1.29, 1.82) is 0 Å². The lowest BCUT2D eigenvalue weighted by Crippen LogP contribution is -2.50. The van der Waals surface area contributed by atoms with Crippen LogP contribution < -0.4 is 14.8 Å². The van der Waals surface area contributed by atoms with Crippen molar-refractivity contribution >= 4 is 12.1 Å². The number of ether oxygens (including phenoxy) is 4. The molecule has 2 N–H and O–H groups in total. The smallest absolute Gasteiger partial charge is 0.407 e. The zero-order valence-corrected chi connectivity index (χ0v) is 16.0. The number of nitrogens with one attached hydrogen (secondary N) is 1. The number of rotatable bonds is 7. The van der Waals surface area contributed by atoms with Crippen molar-refractivity contribution < 1.29 is 33.6 Å². The average molecular weight is 369 g/mol. The molecule has 1 rings (SSSR count). The number of carbonyl (C=O) groups excluding carboxylic acids is 2. The first-order valence-corrected chi connectivity index (χ1v) is 8.07. The molecule has 0 spiro atoms. The SMILES string of the molecule is COC(=O)NC(Cc1ccc(OC)c(OC)c1)C(O)C(=O)OC(C)(C)C. The molecule has 26 heavy (non-hydrogen) atoms. The maximum atomic E-state index is 12.2. The minimum absolute atomic E-state index is 0.149. The van der Waals surface area contributed by atoms with Crippen molar-refractivity contribution in [1.82, 2.24) is 5.32 Å². The lowest BCUT2D eigenvalue weighted by molar-refractivity contribution is -0.166. The van der Waals surface area contributed by atoms with Gasteiger partial charge in [0.25, 0.3) is 0 Å². The molecule has 146 valence electrons. The summed E-state index contributed by atoms with van der Waals surface area (Å²) in [7, 11) is 4.22. The van der Waals surface area contributed by atoms with Gasteiger partial charge in [-0.05, 0) is 44.9 Å². The van der Waals surface area contributed by atoms with Crippen LogP contribution in [0.1, 0.15) is 26.3 Å². The fourth-order valence-corrected chi connectivity index (χ4v) is 2.24. The van der Waals surface area contributed by atoms with Gasteiger partial charge in [0.05, 0.1) is 27.4 Å². The van der Waals surface area contributed by atoms with Gasteiger partial charge in [0, 0.05) is 0 Å². The Balaban J connectivity index is 3.03. The second-order valence-corrected chi connectivity index (χ2v) is 6.61. The first-order chi connectivity index (χ1) is 12.1. The van der Waals surface area contributed by atoms with Crippen molar-refractivity contribution in [2.45, 2.75) is 44.9 Å². The predicted molar refractivity (Wildman–Crippen MR) is 94.4 cm³/mol. The summed E-state index contributed by atoms with van der Waals surface area (Å²) < 4.78 is 20.2. The lowest BCUT2D eigenvalue weighted by Gasteiger charge is -2.26. The second kappa shape index (κ2) is 9.28. The summed E-state index contributed by atoms with van der Waals surface area (Å²) in [6.45, 7) is 5.07. The molecule has 8 nitrogen and oxygen atoms in total. The molecule has 0 bridgehead atoms. The number of hydrogen-bond donors (Lipinski definition) is 2. The molecule has 0 fully saturated rings. The van der Waals surface area contributed by atoms with Gasteiger partial charge in [-0.25, -0.2) is 9.59 Å². The van der Waals surface area contributed by atoms with E-state index >= 15 is 0 Å². The number of benzene rings is 1. The quantitative estimate of drug-likeness (QED) is 0.705. The van der Waals surface area contributed by atoms with Gasteiger partial charge in [-0.2, -0.15) is 0 Å². The number of aliphatic hydroxyl groups excluding tert-OH is 1. The van der Waals surface area contributed by atoms with Crippen LogP contribution in [0.4, 0.5) is 4.79 Å². The summed E-state index contributed by atoms with van der Waals surface area (Å²) in [6, 6.07) is 4.20. The van der Waals surface area contributed by atoms with Gasteiger partial charge >= 0.3 is 12.1 Å². The Morgan fingerprint density at radius 3 is 2.23 bits per heavy atom. The van der Waals surface area contributed by atoms with E-state index in [1.54, 1.807) is 39.0 Å². The van der Waals surface area contributed by atoms with Gasteiger partial charge in [0.15, 0.2) is 17.6 Å². The minimum atomic E-state index is -1.57. The van der Waals surface area contributed by atoms with E-state index in [4.69, 9.17) is 14.2 Å². The van der Waals surface area contributed by atoms with Crippen LogP contribution in [-0.4, -0.2) is 56.2 Å². The third kappa shape index (κ3) is 6.44. The Bertz CT molecular complexity index is 624. The highest BCUT2D eigenvalue weighted by Gasteiger charge is 2.32. The summed E-state index contributed by atoms with van der Waals surface area (Å²) >= 11 is 0. The van der Waals surface area contributed by atoms with Crippen molar-refractivity contribution in [3.05, 3.63) is 23.8 Å². The highest BCUT2D eigenvalue weighted by molar-refractivity contribution is 5.77. The molecule has 0 aromatic heterocycles. The van der Waals surface area contributed by atoms with E-state index in [2.05, 4.69) is 10.1 Å². The molecule has 1 aromatic carbocycles. The van der Waals surface area contributed by atoms with Crippen LogP contribution in [0.3, 0.4) is 0 Å². The molecule has 0 saturated carbocycles. The number of alkyl carbamates (subject to hydrolysis) is 1. The van der Waals surface area contributed by atoms with Crippen LogP contribution in [0.2, 0.25) is 0 Å². The maximum Gasteiger partial charge on any atom is 0.407 e. The van der Waals surface area contributed by atoms with Crippen LogP contribution >= 0.6 is 0 Å². The van der Waals surface area contributed by atoms with E-state index in [1.165, 1.54) is 21.3 Å². The summed E-state index contributed by atoms with van der Waals surface area (Å²) in [5, 5.41) is 12.8. The molecule has 0 saturated heterocycles. The van der Waals surface area contributed by atoms with Gasteiger partial charge in [0.2, 0.25) is 0 Å². The first kappa shape index (κ1) is 21.6. The van der Waals surface area contributed by atoms with Crippen LogP contribution in [0.25, 0.3) is 0 Å². The molecule has 0 radical (unpaired) electrons. The largest absolute Gasteiger partial charge is 0.493 e. The Labute approximate surface area is 153 Å². The number of esters is 1. The van der Waals surface area contributed by atoms with Crippen molar-refractivity contribution in [2.75, 3.05) is 21.3 Å². The zero-order chi connectivity index (χ0) is 19.9. The van der Waals surface area contributed by atoms with Crippen LogP contribution in [0.5, 0.6) is 11.5 Å². The molecule has 8 heteroatoms. The van der Waals surface area contributed by atoms with E-state index < -0.39 is 29.8 Å². The number of methoxy groups -OCH3 is 3. The van der Waals surface area contributed by atoms with E-state index in [0.29, 0.717) is 17.1 Å². The number of hydrogen-bond acceptors (Lipinski definition) is 7. The molecule has 1 aromatic rings. The van der Waals surface area contributed by atoms with Gasteiger partial charge in [-0.15, -0.1) is 0 Å². The highest BCUT2D eigenvalue weighted by Crippen LogP contribution is 2.28. The average Bonchev–Trinajstić information content (AvgIpc) is 2.58. The molecule has 0 heterocycles. The number of carbonyl (C=O) groups is 2. The Kier molecular flexibility index (Phi) is 7.70. The molecule has 2 atom stereocenters. The van der Waals surface area contributed by atoms with Crippen molar-refractivity contribution in [2.24, 2.45) is 0 Å².